The van der Waals surface area contributed by atoms with Crippen molar-refractivity contribution >= 4 is 5.91 Å². The average Bonchev–Trinajstić information content (AvgIpc) is 3.00. The Kier molecular flexibility index (Phi) is 8.32. The van der Waals surface area contributed by atoms with Crippen LogP contribution in [0, 0.1) is 6.92 Å². The summed E-state index contributed by atoms with van der Waals surface area (Å²) in [5.74, 6) is 1.71. The van der Waals surface area contributed by atoms with Crippen molar-refractivity contribution in [3.8, 4) is 11.5 Å². The maximum Gasteiger partial charge on any atom is 0.234 e. The van der Waals surface area contributed by atoms with E-state index in [1.165, 1.54) is 5.56 Å². The summed E-state index contributed by atoms with van der Waals surface area (Å²) in [6, 6.07) is 15.8. The third-order valence-electron chi connectivity index (χ3n) is 5.96. The minimum Gasteiger partial charge on any atom is -0.497 e. The second-order valence-corrected chi connectivity index (χ2v) is 8.24. The first-order chi connectivity index (χ1) is 15.0. The molecule has 0 unspecified atom stereocenters. The molecule has 1 amide bonds. The van der Waals surface area contributed by atoms with Gasteiger partial charge in [-0.25, -0.2) is 0 Å². The second-order valence-electron chi connectivity index (χ2n) is 8.24. The Morgan fingerprint density at radius 3 is 2.39 bits per heavy atom. The number of carbonyl (C=O) groups is 1. The smallest absolute Gasteiger partial charge is 0.234 e. The molecular weight excluding hydrogens is 392 g/mol. The molecule has 0 spiro atoms. The van der Waals surface area contributed by atoms with Crippen LogP contribution in [0.5, 0.6) is 11.5 Å². The lowest BCUT2D eigenvalue weighted by Crippen LogP contribution is -2.41. The number of aryl methyl sites for hydroxylation is 1. The second kappa shape index (κ2) is 11.2. The Labute approximate surface area is 185 Å². The van der Waals surface area contributed by atoms with Gasteiger partial charge < -0.3 is 19.5 Å². The van der Waals surface area contributed by atoms with E-state index in [2.05, 4.69) is 17.1 Å². The van der Waals surface area contributed by atoms with Crippen molar-refractivity contribution in [2.24, 2.45) is 0 Å². The third-order valence-corrected chi connectivity index (χ3v) is 5.96. The molecule has 1 heterocycles. The fourth-order valence-electron chi connectivity index (χ4n) is 3.84. The highest BCUT2D eigenvalue weighted by atomic mass is 16.5. The van der Waals surface area contributed by atoms with Crippen molar-refractivity contribution < 1.29 is 19.0 Å². The summed E-state index contributed by atoms with van der Waals surface area (Å²) in [5, 5.41) is 3.01. The summed E-state index contributed by atoms with van der Waals surface area (Å²) in [7, 11) is 3.40. The zero-order valence-electron chi connectivity index (χ0n) is 18.9. The number of likely N-dealkylation sites (tertiary alicyclic amines) is 1. The highest BCUT2D eigenvalue weighted by Crippen LogP contribution is 2.27. The molecule has 168 valence electrons. The number of rotatable bonds is 9. The quantitative estimate of drug-likeness (QED) is 0.664. The number of hydrogen-bond acceptors (Lipinski definition) is 5. The predicted octanol–water partition coefficient (Wildman–Crippen LogP) is 3.57. The summed E-state index contributed by atoms with van der Waals surface area (Å²) in [4.78, 5) is 14.7. The molecular formula is C25H34N2O4. The lowest BCUT2D eigenvalue weighted by Gasteiger charge is -2.31. The summed E-state index contributed by atoms with van der Waals surface area (Å²) < 4.78 is 17.1. The Morgan fingerprint density at radius 2 is 1.71 bits per heavy atom. The van der Waals surface area contributed by atoms with Gasteiger partial charge in [0.15, 0.2) is 0 Å². The van der Waals surface area contributed by atoms with Gasteiger partial charge in [0.25, 0.3) is 0 Å². The van der Waals surface area contributed by atoms with Gasteiger partial charge in [-0.1, -0.05) is 29.8 Å². The third kappa shape index (κ3) is 6.97. The predicted molar refractivity (Wildman–Crippen MR) is 122 cm³/mol. The van der Waals surface area contributed by atoms with Crippen LogP contribution in [-0.4, -0.2) is 56.9 Å². The van der Waals surface area contributed by atoms with Crippen LogP contribution in [0.15, 0.2) is 48.5 Å². The molecule has 0 aromatic heterocycles. The van der Waals surface area contributed by atoms with Gasteiger partial charge in [0.1, 0.15) is 23.7 Å². The first-order valence-electron chi connectivity index (χ1n) is 10.9. The first kappa shape index (κ1) is 23.1. The van der Waals surface area contributed by atoms with E-state index in [0.29, 0.717) is 19.7 Å². The number of ether oxygens (including phenoxy) is 3. The number of amides is 1. The molecule has 6 heteroatoms. The highest BCUT2D eigenvalue weighted by Gasteiger charge is 2.34. The zero-order chi connectivity index (χ0) is 22.1. The van der Waals surface area contributed by atoms with E-state index in [1.807, 2.05) is 48.5 Å². The van der Waals surface area contributed by atoms with Gasteiger partial charge in [-0.2, -0.15) is 0 Å². The van der Waals surface area contributed by atoms with E-state index >= 15 is 0 Å². The topological polar surface area (TPSA) is 60.0 Å². The maximum atomic E-state index is 12.5. The van der Waals surface area contributed by atoms with Crippen LogP contribution in [0.4, 0.5) is 0 Å². The molecule has 1 fully saturated rings. The van der Waals surface area contributed by atoms with Gasteiger partial charge in [0, 0.05) is 20.2 Å². The van der Waals surface area contributed by atoms with Crippen LogP contribution in [0.1, 0.15) is 30.4 Å². The van der Waals surface area contributed by atoms with Crippen molar-refractivity contribution in [1.82, 2.24) is 10.2 Å². The Balaban J connectivity index is 1.46. The molecule has 0 radical (unpaired) electrons. The number of carbonyl (C=O) groups excluding carboxylic acids is 1. The molecule has 1 aliphatic heterocycles. The van der Waals surface area contributed by atoms with Gasteiger partial charge in [-0.05, 0) is 62.6 Å². The van der Waals surface area contributed by atoms with Gasteiger partial charge in [-0.3, -0.25) is 9.69 Å². The summed E-state index contributed by atoms with van der Waals surface area (Å²) in [6.45, 7) is 5.18. The van der Waals surface area contributed by atoms with Crippen LogP contribution in [-0.2, 0) is 16.1 Å². The van der Waals surface area contributed by atoms with Crippen molar-refractivity contribution in [2.75, 3.05) is 40.5 Å². The van der Waals surface area contributed by atoms with E-state index in [1.54, 1.807) is 14.2 Å². The van der Waals surface area contributed by atoms with Gasteiger partial charge in [-0.15, -0.1) is 0 Å². The minimum atomic E-state index is -0.320. The first-order valence-corrected chi connectivity index (χ1v) is 10.9. The van der Waals surface area contributed by atoms with Crippen LogP contribution in [0.2, 0.25) is 0 Å². The molecule has 0 bridgehead atoms. The molecule has 3 rings (SSSR count). The Hall–Kier alpha value is -2.57. The lowest BCUT2D eigenvalue weighted by molar-refractivity contribution is -0.122. The fraction of sp³-hybridized carbons (Fsp3) is 0.480. The van der Waals surface area contributed by atoms with Crippen LogP contribution >= 0.6 is 0 Å². The van der Waals surface area contributed by atoms with E-state index in [4.69, 9.17) is 14.2 Å². The average molecular weight is 427 g/mol. The lowest BCUT2D eigenvalue weighted by atomic mass is 9.95. The molecule has 1 aliphatic rings. The van der Waals surface area contributed by atoms with Gasteiger partial charge in [0.2, 0.25) is 5.91 Å². The zero-order valence-corrected chi connectivity index (χ0v) is 18.9. The standard InChI is InChI=1S/C25H34N2O4/c1-20-5-9-23(10-6-20)31-19-25(30-3)13-4-15-27(16-14-25)18-24(28)26-17-21-7-11-22(29-2)12-8-21/h5-12H,4,13-19H2,1-3H3,(H,26,28)/t25-/m0/s1. The number of nitrogens with zero attached hydrogens (tertiary/aromatic N) is 1. The molecule has 31 heavy (non-hydrogen) atoms. The van der Waals surface area contributed by atoms with E-state index in [9.17, 15) is 4.79 Å². The van der Waals surface area contributed by atoms with Gasteiger partial charge in [0.05, 0.1) is 13.7 Å². The van der Waals surface area contributed by atoms with Crippen molar-refractivity contribution in [1.29, 1.82) is 0 Å². The largest absolute Gasteiger partial charge is 0.497 e. The van der Waals surface area contributed by atoms with E-state index in [0.717, 1.165) is 49.4 Å². The highest BCUT2D eigenvalue weighted by molar-refractivity contribution is 5.78. The number of benzene rings is 2. The monoisotopic (exact) mass is 426 g/mol. The normalized spacial score (nSPS) is 19.5. The number of hydrogen-bond donors (Lipinski definition) is 1. The summed E-state index contributed by atoms with van der Waals surface area (Å²) >= 11 is 0. The van der Waals surface area contributed by atoms with E-state index < -0.39 is 0 Å². The van der Waals surface area contributed by atoms with Crippen LogP contribution in [0.3, 0.4) is 0 Å². The Bertz CT molecular complexity index is 822. The van der Waals surface area contributed by atoms with Crippen LogP contribution in [0.25, 0.3) is 0 Å². The molecule has 1 atom stereocenters. The SMILES string of the molecule is COc1ccc(CNC(=O)CN2CCC[C@](COc3ccc(C)cc3)(OC)CC2)cc1. The maximum absolute atomic E-state index is 12.5. The molecule has 0 saturated carbocycles. The molecule has 2 aromatic rings. The van der Waals surface area contributed by atoms with Gasteiger partial charge >= 0.3 is 0 Å². The molecule has 6 nitrogen and oxygen atoms in total. The van der Waals surface area contributed by atoms with Crippen molar-refractivity contribution in [2.45, 2.75) is 38.3 Å². The minimum absolute atomic E-state index is 0.0386. The van der Waals surface area contributed by atoms with E-state index in [-0.39, 0.29) is 11.5 Å². The number of nitrogens with one attached hydrogen (secondary N) is 1. The molecule has 2 aromatic carbocycles. The summed E-state index contributed by atoms with van der Waals surface area (Å²) in [6.07, 6.45) is 2.72. The Morgan fingerprint density at radius 1 is 1.00 bits per heavy atom. The van der Waals surface area contributed by atoms with Crippen molar-refractivity contribution in [3.05, 3.63) is 59.7 Å². The molecule has 1 N–H and O–H groups in total. The summed E-state index contributed by atoms with van der Waals surface area (Å²) in [5.41, 5.74) is 1.94. The fourth-order valence-corrected chi connectivity index (χ4v) is 3.84. The van der Waals surface area contributed by atoms with Crippen molar-refractivity contribution in [3.63, 3.8) is 0 Å². The number of methoxy groups -OCH3 is 2. The molecule has 1 saturated heterocycles. The molecule has 0 aliphatic carbocycles. The van der Waals surface area contributed by atoms with Crippen LogP contribution < -0.4 is 14.8 Å².